The molecule has 112 valence electrons. The third-order valence-electron chi connectivity index (χ3n) is 4.41. The number of hydrogen-bond acceptors (Lipinski definition) is 4. The van der Waals surface area contributed by atoms with E-state index in [0.29, 0.717) is 17.2 Å². The molecule has 0 spiro atoms. The van der Waals surface area contributed by atoms with E-state index in [1.807, 2.05) is 17.8 Å². The van der Waals surface area contributed by atoms with Crippen LogP contribution in [0.1, 0.15) is 33.1 Å². The Labute approximate surface area is 131 Å². The molecular formula is C17H23N3S. The summed E-state index contributed by atoms with van der Waals surface area (Å²) in [5, 5.41) is 6.65. The zero-order valence-corrected chi connectivity index (χ0v) is 13.6. The van der Waals surface area contributed by atoms with Gasteiger partial charge in [0.2, 0.25) is 0 Å². The summed E-state index contributed by atoms with van der Waals surface area (Å²) >= 11 is 1.93. The minimum atomic E-state index is 0.651. The van der Waals surface area contributed by atoms with Gasteiger partial charge < -0.3 is 5.32 Å². The fourth-order valence-corrected chi connectivity index (χ4v) is 4.48. The highest BCUT2D eigenvalue weighted by Crippen LogP contribution is 2.40. The Balaban J connectivity index is 1.74. The van der Waals surface area contributed by atoms with Crippen LogP contribution in [0.2, 0.25) is 0 Å². The molecule has 0 bridgehead atoms. The average Bonchev–Trinajstić information content (AvgIpc) is 2.86. The molecule has 1 aromatic carbocycles. The van der Waals surface area contributed by atoms with Crippen molar-refractivity contribution in [1.29, 1.82) is 0 Å². The van der Waals surface area contributed by atoms with Gasteiger partial charge in [-0.25, -0.2) is 9.97 Å². The Bertz CT molecular complexity index is 596. The third-order valence-corrected chi connectivity index (χ3v) is 5.93. The lowest BCUT2D eigenvalue weighted by atomic mass is 10.1. The monoisotopic (exact) mass is 301 g/mol. The first-order valence-electron chi connectivity index (χ1n) is 7.89. The molecule has 1 heterocycles. The highest BCUT2D eigenvalue weighted by atomic mass is 32.2. The minimum absolute atomic E-state index is 0.651. The second-order valence-corrected chi connectivity index (χ2v) is 7.08. The van der Waals surface area contributed by atoms with Crippen molar-refractivity contribution in [3.05, 3.63) is 30.6 Å². The summed E-state index contributed by atoms with van der Waals surface area (Å²) < 4.78 is 0. The minimum Gasteiger partial charge on any atom is -0.314 e. The van der Waals surface area contributed by atoms with Gasteiger partial charge in [-0.2, -0.15) is 0 Å². The number of nitrogens with one attached hydrogen (secondary N) is 1. The number of para-hydroxylation sites is 1. The van der Waals surface area contributed by atoms with E-state index in [-0.39, 0.29) is 0 Å². The Morgan fingerprint density at radius 1 is 1.24 bits per heavy atom. The number of thioether (sulfide) groups is 1. The molecule has 1 aliphatic carbocycles. The molecule has 21 heavy (non-hydrogen) atoms. The predicted octanol–water partition coefficient (Wildman–Crippen LogP) is 3.89. The molecule has 3 atom stereocenters. The zero-order valence-electron chi connectivity index (χ0n) is 12.7. The largest absolute Gasteiger partial charge is 0.314 e. The molecule has 1 aromatic heterocycles. The van der Waals surface area contributed by atoms with Crippen molar-refractivity contribution >= 4 is 22.7 Å². The van der Waals surface area contributed by atoms with Crippen molar-refractivity contribution in [3.8, 4) is 0 Å². The lowest BCUT2D eigenvalue weighted by molar-refractivity contribution is 0.431. The van der Waals surface area contributed by atoms with Crippen molar-refractivity contribution < 1.29 is 0 Å². The van der Waals surface area contributed by atoms with Crippen LogP contribution in [-0.4, -0.2) is 27.8 Å². The molecule has 3 unspecified atom stereocenters. The summed E-state index contributed by atoms with van der Waals surface area (Å²) in [6, 6.07) is 8.96. The summed E-state index contributed by atoms with van der Waals surface area (Å²) in [6.45, 7) is 5.73. The van der Waals surface area contributed by atoms with Crippen molar-refractivity contribution in [2.75, 3.05) is 6.54 Å². The van der Waals surface area contributed by atoms with Gasteiger partial charge in [0.15, 0.2) is 0 Å². The number of hydrogen-bond donors (Lipinski definition) is 1. The van der Waals surface area contributed by atoms with Crippen molar-refractivity contribution in [3.63, 3.8) is 0 Å². The Hall–Kier alpha value is -1.13. The molecule has 0 amide bonds. The second-order valence-electron chi connectivity index (χ2n) is 5.85. The molecular weight excluding hydrogens is 278 g/mol. The molecule has 4 heteroatoms. The molecule has 0 radical (unpaired) electrons. The van der Waals surface area contributed by atoms with Crippen LogP contribution < -0.4 is 5.32 Å². The molecule has 0 aliphatic heterocycles. The third kappa shape index (κ3) is 3.22. The predicted molar refractivity (Wildman–Crippen MR) is 89.7 cm³/mol. The van der Waals surface area contributed by atoms with Crippen LogP contribution in [0.25, 0.3) is 10.9 Å². The Morgan fingerprint density at radius 2 is 2.10 bits per heavy atom. The van der Waals surface area contributed by atoms with Gasteiger partial charge in [0.1, 0.15) is 11.4 Å². The van der Waals surface area contributed by atoms with Crippen LogP contribution >= 0.6 is 11.8 Å². The van der Waals surface area contributed by atoms with Crippen LogP contribution in [0, 0.1) is 5.92 Å². The number of fused-ring (bicyclic) bond motifs is 1. The number of benzene rings is 1. The van der Waals surface area contributed by atoms with Gasteiger partial charge in [0, 0.05) is 16.7 Å². The van der Waals surface area contributed by atoms with Crippen molar-refractivity contribution in [2.24, 2.45) is 5.92 Å². The number of nitrogens with zero attached hydrogens (tertiary/aromatic N) is 2. The summed E-state index contributed by atoms with van der Waals surface area (Å²) in [7, 11) is 0. The smallest absolute Gasteiger partial charge is 0.117 e. The summed E-state index contributed by atoms with van der Waals surface area (Å²) in [4.78, 5) is 8.88. The lowest BCUT2D eigenvalue weighted by Gasteiger charge is -2.21. The van der Waals surface area contributed by atoms with E-state index in [4.69, 9.17) is 0 Å². The van der Waals surface area contributed by atoms with Gasteiger partial charge >= 0.3 is 0 Å². The van der Waals surface area contributed by atoms with Crippen LogP contribution in [0.5, 0.6) is 0 Å². The first-order valence-corrected chi connectivity index (χ1v) is 8.77. The molecule has 0 saturated heterocycles. The second kappa shape index (κ2) is 6.75. The topological polar surface area (TPSA) is 37.8 Å². The van der Waals surface area contributed by atoms with E-state index in [1.165, 1.54) is 24.6 Å². The zero-order chi connectivity index (χ0) is 14.7. The Kier molecular flexibility index (Phi) is 4.76. The lowest BCUT2D eigenvalue weighted by Crippen LogP contribution is -2.33. The fourth-order valence-electron chi connectivity index (χ4n) is 3.13. The molecule has 1 saturated carbocycles. The highest BCUT2D eigenvalue weighted by Gasteiger charge is 2.33. The Morgan fingerprint density at radius 3 is 2.95 bits per heavy atom. The van der Waals surface area contributed by atoms with Gasteiger partial charge in [0.25, 0.3) is 0 Å². The van der Waals surface area contributed by atoms with Crippen molar-refractivity contribution in [2.45, 2.75) is 49.4 Å². The number of rotatable bonds is 5. The maximum Gasteiger partial charge on any atom is 0.117 e. The first kappa shape index (κ1) is 14.8. The van der Waals surface area contributed by atoms with Crippen molar-refractivity contribution in [1.82, 2.24) is 15.3 Å². The van der Waals surface area contributed by atoms with Gasteiger partial charge in [-0.15, -0.1) is 11.8 Å². The standard InChI is InChI=1S/C17H23N3S/c1-3-10-18-14-8-9-16(12(14)2)21-17-13-6-4-5-7-15(13)19-11-20-17/h4-7,11-12,14,16,18H,3,8-10H2,1-2H3. The quantitative estimate of drug-likeness (QED) is 0.850. The fraction of sp³-hybridized carbons (Fsp3) is 0.529. The summed E-state index contributed by atoms with van der Waals surface area (Å²) in [5.41, 5.74) is 1.04. The van der Waals surface area contributed by atoms with E-state index < -0.39 is 0 Å². The van der Waals surface area contributed by atoms with Crippen LogP contribution in [0.4, 0.5) is 0 Å². The summed E-state index contributed by atoms with van der Waals surface area (Å²) in [6.07, 6.45) is 5.45. The van der Waals surface area contributed by atoms with E-state index in [2.05, 4.69) is 47.3 Å². The van der Waals surface area contributed by atoms with Gasteiger partial charge in [-0.3, -0.25) is 0 Å². The highest BCUT2D eigenvalue weighted by molar-refractivity contribution is 8.00. The molecule has 3 nitrogen and oxygen atoms in total. The normalized spacial score (nSPS) is 25.5. The molecule has 1 fully saturated rings. The number of aromatic nitrogens is 2. The molecule has 1 N–H and O–H groups in total. The van der Waals surface area contributed by atoms with E-state index in [1.54, 1.807) is 6.33 Å². The SMILES string of the molecule is CCCNC1CCC(Sc2ncnc3ccccc23)C1C. The van der Waals surface area contributed by atoms with Crippen LogP contribution in [0.15, 0.2) is 35.6 Å². The van der Waals surface area contributed by atoms with Gasteiger partial charge in [-0.05, 0) is 37.8 Å². The van der Waals surface area contributed by atoms with Gasteiger partial charge in [0.05, 0.1) is 5.52 Å². The molecule has 2 aromatic rings. The van der Waals surface area contributed by atoms with E-state index >= 15 is 0 Å². The molecule has 1 aliphatic rings. The van der Waals surface area contributed by atoms with E-state index in [0.717, 1.165) is 17.1 Å². The van der Waals surface area contributed by atoms with Crippen LogP contribution in [-0.2, 0) is 0 Å². The van der Waals surface area contributed by atoms with E-state index in [9.17, 15) is 0 Å². The first-order chi connectivity index (χ1) is 10.3. The van der Waals surface area contributed by atoms with Crippen LogP contribution in [0.3, 0.4) is 0 Å². The maximum atomic E-state index is 4.52. The average molecular weight is 301 g/mol. The van der Waals surface area contributed by atoms with Gasteiger partial charge in [-0.1, -0.05) is 32.0 Å². The maximum absolute atomic E-state index is 4.52. The molecule has 3 rings (SSSR count). The summed E-state index contributed by atoms with van der Waals surface area (Å²) in [5.74, 6) is 0.690.